The number of hydrogen-bond donors (Lipinski definition) is 1. The molecule has 3 rings (SSSR count). The number of imidazole rings is 1. The minimum absolute atomic E-state index is 0.666. The highest BCUT2D eigenvalue weighted by molar-refractivity contribution is 5.39. The molecule has 1 aliphatic heterocycles. The lowest BCUT2D eigenvalue weighted by Gasteiger charge is -2.25. The summed E-state index contributed by atoms with van der Waals surface area (Å²) in [7, 11) is 0. The summed E-state index contributed by atoms with van der Waals surface area (Å²) in [6.07, 6.45) is 5.45. The van der Waals surface area contributed by atoms with Gasteiger partial charge in [-0.15, -0.1) is 0 Å². The van der Waals surface area contributed by atoms with Crippen LogP contribution < -0.4 is 5.32 Å². The zero-order valence-electron chi connectivity index (χ0n) is 10.8. The topological polar surface area (TPSA) is 32.6 Å². The van der Waals surface area contributed by atoms with E-state index in [4.69, 9.17) is 0 Å². The maximum absolute atomic E-state index is 4.67. The zero-order chi connectivity index (χ0) is 12.4. The summed E-state index contributed by atoms with van der Waals surface area (Å²) in [4.78, 5) is 7.19. The van der Waals surface area contributed by atoms with Gasteiger partial charge in [0.1, 0.15) is 5.65 Å². The number of pyridine rings is 1. The Hall–Kier alpha value is -1.39. The van der Waals surface area contributed by atoms with E-state index in [1.165, 1.54) is 6.42 Å². The van der Waals surface area contributed by atoms with Crippen LogP contribution in [0.3, 0.4) is 0 Å². The second kappa shape index (κ2) is 5.08. The summed E-state index contributed by atoms with van der Waals surface area (Å²) in [5.74, 6) is 0. The van der Waals surface area contributed by atoms with Crippen molar-refractivity contribution in [1.82, 2.24) is 19.6 Å². The molecule has 3 heterocycles. The quantitative estimate of drug-likeness (QED) is 0.885. The van der Waals surface area contributed by atoms with E-state index in [1.54, 1.807) is 0 Å². The van der Waals surface area contributed by atoms with Crippen LogP contribution >= 0.6 is 0 Å². The third-order valence-corrected chi connectivity index (χ3v) is 3.74. The summed E-state index contributed by atoms with van der Waals surface area (Å²) in [5.41, 5.74) is 2.20. The van der Waals surface area contributed by atoms with Gasteiger partial charge in [0.25, 0.3) is 0 Å². The van der Waals surface area contributed by atoms with Crippen molar-refractivity contribution in [3.05, 3.63) is 36.3 Å². The first-order valence-corrected chi connectivity index (χ1v) is 6.74. The molecule has 1 saturated heterocycles. The smallest absolute Gasteiger partial charge is 0.137 e. The lowest BCUT2D eigenvalue weighted by Crippen LogP contribution is -2.36. The van der Waals surface area contributed by atoms with Crippen LogP contribution in [-0.2, 0) is 6.54 Å². The molecule has 0 bridgehead atoms. The van der Waals surface area contributed by atoms with Crippen LogP contribution in [0.5, 0.6) is 0 Å². The van der Waals surface area contributed by atoms with E-state index in [-0.39, 0.29) is 0 Å². The molecule has 0 saturated carbocycles. The average molecular weight is 244 g/mol. The van der Waals surface area contributed by atoms with Crippen molar-refractivity contribution in [2.45, 2.75) is 25.9 Å². The minimum Gasteiger partial charge on any atom is -0.315 e. The summed E-state index contributed by atoms with van der Waals surface area (Å²) >= 11 is 0. The van der Waals surface area contributed by atoms with Crippen LogP contribution in [0.25, 0.3) is 5.65 Å². The van der Waals surface area contributed by atoms with E-state index in [9.17, 15) is 0 Å². The molecule has 4 heteroatoms. The van der Waals surface area contributed by atoms with E-state index in [0.717, 1.165) is 37.5 Å². The highest BCUT2D eigenvalue weighted by Crippen LogP contribution is 2.13. The summed E-state index contributed by atoms with van der Waals surface area (Å²) in [6.45, 7) is 6.52. The first-order valence-electron chi connectivity index (χ1n) is 6.74. The second-order valence-electron chi connectivity index (χ2n) is 4.91. The number of aromatic nitrogens is 2. The largest absolute Gasteiger partial charge is 0.315 e. The predicted octanol–water partition coefficient (Wildman–Crippen LogP) is 1.52. The molecule has 0 aliphatic carbocycles. The van der Waals surface area contributed by atoms with Gasteiger partial charge in [-0.05, 0) is 31.6 Å². The van der Waals surface area contributed by atoms with E-state index in [0.29, 0.717) is 6.04 Å². The van der Waals surface area contributed by atoms with Gasteiger partial charge in [0.2, 0.25) is 0 Å². The molecule has 0 radical (unpaired) electrons. The Bertz CT molecular complexity index is 480. The van der Waals surface area contributed by atoms with Crippen molar-refractivity contribution in [2.24, 2.45) is 0 Å². The Kier molecular flexibility index (Phi) is 3.30. The van der Waals surface area contributed by atoms with Crippen molar-refractivity contribution in [3.63, 3.8) is 0 Å². The fraction of sp³-hybridized carbons (Fsp3) is 0.500. The SMILES string of the molecule is CCN(Cc1cn2ccccc2n1)C1CCNC1. The lowest BCUT2D eigenvalue weighted by molar-refractivity contribution is 0.208. The van der Waals surface area contributed by atoms with Gasteiger partial charge in [0.05, 0.1) is 5.69 Å². The van der Waals surface area contributed by atoms with Crippen molar-refractivity contribution < 1.29 is 0 Å². The Morgan fingerprint density at radius 2 is 2.44 bits per heavy atom. The van der Waals surface area contributed by atoms with E-state index >= 15 is 0 Å². The Morgan fingerprint density at radius 3 is 3.17 bits per heavy atom. The van der Waals surface area contributed by atoms with Crippen molar-refractivity contribution in [2.75, 3.05) is 19.6 Å². The third-order valence-electron chi connectivity index (χ3n) is 3.74. The molecule has 2 aromatic heterocycles. The summed E-state index contributed by atoms with van der Waals surface area (Å²) < 4.78 is 2.09. The van der Waals surface area contributed by atoms with Crippen molar-refractivity contribution in [1.29, 1.82) is 0 Å². The van der Waals surface area contributed by atoms with Gasteiger partial charge in [-0.2, -0.15) is 0 Å². The Labute approximate surface area is 108 Å². The molecule has 1 N–H and O–H groups in total. The van der Waals surface area contributed by atoms with Gasteiger partial charge in [-0.3, -0.25) is 4.90 Å². The number of nitrogens with zero attached hydrogens (tertiary/aromatic N) is 3. The van der Waals surface area contributed by atoms with Gasteiger partial charge in [0.15, 0.2) is 0 Å². The monoisotopic (exact) mass is 244 g/mol. The Balaban J connectivity index is 1.77. The van der Waals surface area contributed by atoms with Gasteiger partial charge in [-0.1, -0.05) is 13.0 Å². The van der Waals surface area contributed by atoms with Crippen LogP contribution in [0.4, 0.5) is 0 Å². The maximum Gasteiger partial charge on any atom is 0.137 e. The van der Waals surface area contributed by atoms with Crippen LogP contribution in [0, 0.1) is 0 Å². The highest BCUT2D eigenvalue weighted by Gasteiger charge is 2.21. The molecule has 96 valence electrons. The lowest BCUT2D eigenvalue weighted by atomic mass is 10.2. The molecule has 1 unspecified atom stereocenters. The second-order valence-corrected chi connectivity index (χ2v) is 4.91. The fourth-order valence-corrected chi connectivity index (χ4v) is 2.72. The molecular formula is C14H20N4. The summed E-state index contributed by atoms with van der Waals surface area (Å²) in [5, 5.41) is 3.43. The third kappa shape index (κ3) is 2.26. The highest BCUT2D eigenvalue weighted by atomic mass is 15.2. The molecule has 0 spiro atoms. The number of likely N-dealkylation sites (N-methyl/N-ethyl adjacent to an activating group) is 1. The maximum atomic E-state index is 4.67. The van der Waals surface area contributed by atoms with E-state index in [2.05, 4.69) is 45.0 Å². The normalized spacial score (nSPS) is 20.0. The van der Waals surface area contributed by atoms with Crippen LogP contribution in [0.1, 0.15) is 19.0 Å². The van der Waals surface area contributed by atoms with Gasteiger partial charge >= 0.3 is 0 Å². The molecule has 1 atom stereocenters. The van der Waals surface area contributed by atoms with Crippen molar-refractivity contribution >= 4 is 5.65 Å². The predicted molar refractivity (Wildman–Crippen MR) is 72.6 cm³/mol. The summed E-state index contributed by atoms with van der Waals surface area (Å²) in [6, 6.07) is 6.79. The van der Waals surface area contributed by atoms with Crippen LogP contribution in [0.15, 0.2) is 30.6 Å². The number of fused-ring (bicyclic) bond motifs is 1. The number of nitrogens with one attached hydrogen (secondary N) is 1. The number of hydrogen-bond acceptors (Lipinski definition) is 3. The van der Waals surface area contributed by atoms with E-state index < -0.39 is 0 Å². The van der Waals surface area contributed by atoms with E-state index in [1.807, 2.05) is 12.1 Å². The molecule has 1 fully saturated rings. The zero-order valence-corrected chi connectivity index (χ0v) is 10.8. The van der Waals surface area contributed by atoms with Gasteiger partial charge in [-0.25, -0.2) is 4.98 Å². The first-order chi connectivity index (χ1) is 8.86. The van der Waals surface area contributed by atoms with Gasteiger partial charge < -0.3 is 9.72 Å². The molecule has 4 nitrogen and oxygen atoms in total. The number of rotatable bonds is 4. The average Bonchev–Trinajstić information content (AvgIpc) is 3.04. The van der Waals surface area contributed by atoms with Gasteiger partial charge in [0, 0.05) is 31.5 Å². The fourth-order valence-electron chi connectivity index (χ4n) is 2.72. The van der Waals surface area contributed by atoms with Crippen LogP contribution in [-0.4, -0.2) is 40.0 Å². The molecule has 2 aromatic rings. The molecular weight excluding hydrogens is 224 g/mol. The first kappa shape index (κ1) is 11.7. The molecule has 0 aromatic carbocycles. The minimum atomic E-state index is 0.666. The standard InChI is InChI=1S/C14H20N4/c1-2-17(13-6-7-15-9-13)10-12-11-18-8-4-3-5-14(18)16-12/h3-5,8,11,13,15H,2,6-7,9-10H2,1H3. The molecule has 1 aliphatic rings. The Morgan fingerprint density at radius 1 is 1.50 bits per heavy atom. The van der Waals surface area contributed by atoms with Crippen LogP contribution in [0.2, 0.25) is 0 Å². The molecule has 0 amide bonds. The molecule has 18 heavy (non-hydrogen) atoms. The van der Waals surface area contributed by atoms with Crippen molar-refractivity contribution in [3.8, 4) is 0 Å².